The van der Waals surface area contributed by atoms with Crippen molar-refractivity contribution in [3.63, 3.8) is 0 Å². The zero-order valence-electron chi connectivity index (χ0n) is 25.8. The number of aliphatic hydroxyl groups excluding tert-OH is 1. The van der Waals surface area contributed by atoms with Gasteiger partial charge in [-0.2, -0.15) is 0 Å². The fourth-order valence-corrected chi connectivity index (χ4v) is 9.39. The SMILES string of the molecule is C[C@@H](C=C1SCCCS1)[C@@H]1[C@@H]([C@@H](C)O[Si](C)(C)C(C)(C)C)C(=O)N1C(O)C(=O)OC(c1ccccc1)c1ccccc1. The number of esters is 1. The van der Waals surface area contributed by atoms with E-state index in [9.17, 15) is 14.7 Å². The predicted molar refractivity (Wildman–Crippen MR) is 175 cm³/mol. The molecular weight excluding hydrogens is 583 g/mol. The molecule has 9 heteroatoms. The highest BCUT2D eigenvalue weighted by atomic mass is 32.2. The van der Waals surface area contributed by atoms with Gasteiger partial charge in [0, 0.05) is 4.24 Å². The third kappa shape index (κ3) is 7.35. The van der Waals surface area contributed by atoms with Gasteiger partial charge in [0.15, 0.2) is 14.4 Å². The smallest absolute Gasteiger partial charge is 0.357 e. The maximum absolute atomic E-state index is 13.8. The number of rotatable bonds is 10. The summed E-state index contributed by atoms with van der Waals surface area (Å²) < 4.78 is 13.9. The molecule has 2 aliphatic rings. The summed E-state index contributed by atoms with van der Waals surface area (Å²) in [7, 11) is -2.17. The number of aliphatic hydroxyl groups is 1. The van der Waals surface area contributed by atoms with Crippen LogP contribution >= 0.6 is 23.5 Å². The molecule has 0 saturated carbocycles. The Morgan fingerprint density at radius 3 is 2.02 bits per heavy atom. The summed E-state index contributed by atoms with van der Waals surface area (Å²) in [6, 6.07) is 18.5. The van der Waals surface area contributed by atoms with Crippen LogP contribution in [0.15, 0.2) is 71.0 Å². The second-order valence-electron chi connectivity index (χ2n) is 12.8. The minimum atomic E-state index is -2.17. The molecule has 2 fully saturated rings. The van der Waals surface area contributed by atoms with E-state index in [2.05, 4.69) is 46.9 Å². The third-order valence-electron chi connectivity index (χ3n) is 8.65. The summed E-state index contributed by atoms with van der Waals surface area (Å²) in [5.41, 5.74) is 1.57. The number of carbonyl (C=O) groups excluding carboxylic acids is 2. The molecule has 5 atom stereocenters. The first kappa shape index (κ1) is 32.9. The number of ether oxygens (including phenoxy) is 1. The van der Waals surface area contributed by atoms with E-state index in [1.165, 1.54) is 15.6 Å². The van der Waals surface area contributed by atoms with Crippen LogP contribution < -0.4 is 0 Å². The monoisotopic (exact) mass is 627 g/mol. The van der Waals surface area contributed by atoms with Crippen molar-refractivity contribution in [3.8, 4) is 0 Å². The van der Waals surface area contributed by atoms with Crippen LogP contribution in [0.1, 0.15) is 58.3 Å². The standard InChI is InChI=1S/C33H45NO5S2Si/c1-22(21-26-40-19-14-20-41-26)28-27(23(2)39-42(6,7)33(3,4)5)30(35)34(28)31(36)32(37)38-29(24-15-10-8-11-16-24)25-17-12-9-13-18-25/h8-13,15-18,21-23,27-29,31,36H,14,19-20H2,1-7H3/t22-,23+,27+,28+,31?/m0/s1. The van der Waals surface area contributed by atoms with Crippen LogP contribution in [0.4, 0.5) is 0 Å². The quantitative estimate of drug-likeness (QED) is 0.169. The molecule has 1 amide bonds. The number of hydrogen-bond acceptors (Lipinski definition) is 7. The number of nitrogens with zero attached hydrogens (tertiary/aromatic N) is 1. The average molecular weight is 628 g/mol. The van der Waals surface area contributed by atoms with Gasteiger partial charge in [0.25, 0.3) is 0 Å². The Kier molecular flexibility index (Phi) is 10.7. The lowest BCUT2D eigenvalue weighted by atomic mass is 9.76. The van der Waals surface area contributed by atoms with Crippen LogP contribution in [0.5, 0.6) is 0 Å². The Balaban J connectivity index is 1.60. The molecule has 2 heterocycles. The number of likely N-dealkylation sites (tertiary alicyclic amines) is 1. The minimum absolute atomic E-state index is 0.0145. The van der Waals surface area contributed by atoms with Crippen LogP contribution in [0.2, 0.25) is 18.1 Å². The molecule has 42 heavy (non-hydrogen) atoms. The molecule has 0 bridgehead atoms. The summed E-state index contributed by atoms with van der Waals surface area (Å²) in [6.45, 7) is 14.9. The molecule has 0 aliphatic carbocycles. The van der Waals surface area contributed by atoms with E-state index in [-0.39, 0.29) is 23.0 Å². The summed E-state index contributed by atoms with van der Waals surface area (Å²) in [5, 5.41) is 11.4. The van der Waals surface area contributed by atoms with Crippen molar-refractivity contribution in [2.24, 2.45) is 11.8 Å². The molecular formula is C33H45NO5S2Si. The first-order chi connectivity index (χ1) is 19.8. The van der Waals surface area contributed by atoms with Gasteiger partial charge in [-0.1, -0.05) is 94.4 Å². The first-order valence-corrected chi connectivity index (χ1v) is 19.7. The predicted octanol–water partition coefficient (Wildman–Crippen LogP) is 7.22. The highest BCUT2D eigenvalue weighted by molar-refractivity contribution is 8.22. The van der Waals surface area contributed by atoms with Crippen LogP contribution in [0.25, 0.3) is 0 Å². The van der Waals surface area contributed by atoms with Gasteiger partial charge in [0.1, 0.15) is 0 Å². The lowest BCUT2D eigenvalue weighted by molar-refractivity contribution is -0.201. The van der Waals surface area contributed by atoms with Gasteiger partial charge in [-0.3, -0.25) is 4.79 Å². The van der Waals surface area contributed by atoms with Gasteiger partial charge in [0.05, 0.1) is 18.1 Å². The Hall–Kier alpha value is -2.04. The Morgan fingerprint density at radius 1 is 1.00 bits per heavy atom. The van der Waals surface area contributed by atoms with Crippen molar-refractivity contribution >= 4 is 43.7 Å². The van der Waals surface area contributed by atoms with Crippen molar-refractivity contribution < 1.29 is 23.9 Å². The fraction of sp³-hybridized carbons (Fsp3) is 0.515. The summed E-state index contributed by atoms with van der Waals surface area (Å²) >= 11 is 3.66. The van der Waals surface area contributed by atoms with Crippen molar-refractivity contribution in [1.82, 2.24) is 4.90 Å². The van der Waals surface area contributed by atoms with E-state index in [4.69, 9.17) is 9.16 Å². The zero-order chi connectivity index (χ0) is 30.7. The maximum Gasteiger partial charge on any atom is 0.357 e. The summed E-state index contributed by atoms with van der Waals surface area (Å²) in [5.74, 6) is 0.466. The van der Waals surface area contributed by atoms with Gasteiger partial charge in [-0.15, -0.1) is 23.5 Å². The van der Waals surface area contributed by atoms with Gasteiger partial charge in [-0.05, 0) is 60.0 Å². The summed E-state index contributed by atoms with van der Waals surface area (Å²) in [6.07, 6.45) is 0.580. The van der Waals surface area contributed by atoms with E-state index < -0.39 is 38.6 Å². The number of hydrogen-bond donors (Lipinski definition) is 1. The van der Waals surface area contributed by atoms with Crippen LogP contribution in [-0.4, -0.2) is 60.1 Å². The highest BCUT2D eigenvalue weighted by Crippen LogP contribution is 2.44. The Morgan fingerprint density at radius 2 is 1.52 bits per heavy atom. The number of carbonyl (C=O) groups is 2. The molecule has 1 N–H and O–H groups in total. The second kappa shape index (κ2) is 13.7. The molecule has 6 nitrogen and oxygen atoms in total. The molecule has 2 aromatic carbocycles. The van der Waals surface area contributed by atoms with Gasteiger partial charge in [-0.25, -0.2) is 4.79 Å². The van der Waals surface area contributed by atoms with Crippen LogP contribution in [-0.2, 0) is 18.8 Å². The second-order valence-corrected chi connectivity index (χ2v) is 20.0. The molecule has 1 unspecified atom stereocenters. The minimum Gasteiger partial charge on any atom is -0.449 e. The average Bonchev–Trinajstić information content (AvgIpc) is 2.94. The van der Waals surface area contributed by atoms with E-state index in [1.54, 1.807) is 0 Å². The van der Waals surface area contributed by atoms with E-state index >= 15 is 0 Å². The lowest BCUT2D eigenvalue weighted by Gasteiger charge is -2.54. The summed E-state index contributed by atoms with van der Waals surface area (Å²) in [4.78, 5) is 28.7. The van der Waals surface area contributed by atoms with Crippen molar-refractivity contribution in [2.45, 2.75) is 83.6 Å². The largest absolute Gasteiger partial charge is 0.449 e. The zero-order valence-corrected chi connectivity index (χ0v) is 28.4. The Labute approximate surface area is 260 Å². The molecule has 2 saturated heterocycles. The number of benzene rings is 2. The fourth-order valence-electron chi connectivity index (χ4n) is 5.34. The van der Waals surface area contributed by atoms with E-state index in [0.29, 0.717) is 0 Å². The van der Waals surface area contributed by atoms with E-state index in [0.717, 1.165) is 22.6 Å². The molecule has 2 aliphatic heterocycles. The molecule has 4 rings (SSSR count). The molecule has 2 aromatic rings. The van der Waals surface area contributed by atoms with Crippen molar-refractivity contribution in [1.29, 1.82) is 0 Å². The molecule has 228 valence electrons. The van der Waals surface area contributed by atoms with E-state index in [1.807, 2.05) is 91.1 Å². The number of thioether (sulfide) groups is 2. The van der Waals surface area contributed by atoms with Gasteiger partial charge < -0.3 is 19.2 Å². The van der Waals surface area contributed by atoms with Gasteiger partial charge >= 0.3 is 5.97 Å². The lowest BCUT2D eigenvalue weighted by Crippen LogP contribution is -2.71. The van der Waals surface area contributed by atoms with Crippen LogP contribution in [0.3, 0.4) is 0 Å². The van der Waals surface area contributed by atoms with Crippen LogP contribution in [0, 0.1) is 11.8 Å². The first-order valence-electron chi connectivity index (χ1n) is 14.8. The Bertz CT molecular complexity index is 1200. The number of β-lactam (4-membered cyclic amide) rings is 1. The number of amides is 1. The molecule has 0 radical (unpaired) electrons. The maximum atomic E-state index is 13.8. The van der Waals surface area contributed by atoms with Crippen molar-refractivity contribution in [3.05, 3.63) is 82.1 Å². The van der Waals surface area contributed by atoms with Crippen molar-refractivity contribution in [2.75, 3.05) is 11.5 Å². The topological polar surface area (TPSA) is 76.1 Å². The normalized spacial score (nSPS) is 21.9. The van der Waals surface area contributed by atoms with Gasteiger partial charge in [0.2, 0.25) is 12.1 Å². The third-order valence-corrected chi connectivity index (χ3v) is 15.8. The highest BCUT2D eigenvalue weighted by Gasteiger charge is 2.57. The molecule has 0 aromatic heterocycles. The molecule has 0 spiro atoms.